The Morgan fingerprint density at radius 2 is 2.12 bits per heavy atom. The molecule has 1 aliphatic carbocycles. The third-order valence-corrected chi connectivity index (χ3v) is 3.31. The summed E-state index contributed by atoms with van der Waals surface area (Å²) in [5.41, 5.74) is 0.224. The van der Waals surface area contributed by atoms with Gasteiger partial charge in [-0.2, -0.15) is 0 Å². The van der Waals surface area contributed by atoms with Crippen molar-refractivity contribution in [3.05, 3.63) is 23.8 Å². The lowest BCUT2D eigenvalue weighted by Gasteiger charge is -2.42. The molecule has 0 spiro atoms. The molecule has 1 saturated heterocycles. The number of alkyl carbamates (subject to hydrolysis) is 1. The molecule has 1 aliphatic heterocycles. The number of ether oxygens (including phenoxy) is 1. The fraction of sp³-hybridized carbons (Fsp3) is 0.500. The minimum absolute atomic E-state index is 0.236. The molecule has 86 valence electrons. The van der Waals surface area contributed by atoms with E-state index in [0.29, 0.717) is 0 Å². The summed E-state index contributed by atoms with van der Waals surface area (Å²) in [7, 11) is 0. The van der Waals surface area contributed by atoms with Gasteiger partial charge >= 0.3 is 12.1 Å². The van der Waals surface area contributed by atoms with Gasteiger partial charge in [-0.3, -0.25) is 4.79 Å². The number of hydrogen-bond donors (Lipinski definition) is 1. The third-order valence-electron chi connectivity index (χ3n) is 3.31. The van der Waals surface area contributed by atoms with Crippen LogP contribution in [0.25, 0.3) is 0 Å². The summed E-state index contributed by atoms with van der Waals surface area (Å²) >= 11 is 0. The number of amides is 1. The highest BCUT2D eigenvalue weighted by Gasteiger charge is 2.51. The van der Waals surface area contributed by atoms with E-state index < -0.39 is 17.5 Å². The van der Waals surface area contributed by atoms with Crippen LogP contribution >= 0.6 is 0 Å². The largest absolute Gasteiger partial charge is 0.415 e. The molecule has 1 heterocycles. The average Bonchev–Trinajstić information content (AvgIpc) is 2.19. The quantitative estimate of drug-likeness (QED) is 0.542. The van der Waals surface area contributed by atoms with Crippen molar-refractivity contribution >= 4 is 12.1 Å². The van der Waals surface area contributed by atoms with Gasteiger partial charge in [-0.05, 0) is 18.4 Å². The maximum atomic E-state index is 11.9. The Morgan fingerprint density at radius 3 is 2.75 bits per heavy atom. The summed E-state index contributed by atoms with van der Waals surface area (Å²) in [5.74, 6) is -0.231. The van der Waals surface area contributed by atoms with E-state index in [1.54, 1.807) is 0 Å². The zero-order chi connectivity index (χ0) is 11.9. The number of cyclic esters (lactones) is 2. The number of carbonyl (C=O) groups is 2. The van der Waals surface area contributed by atoms with Crippen LogP contribution in [0.4, 0.5) is 4.79 Å². The Bertz CT molecular complexity index is 408. The van der Waals surface area contributed by atoms with Crippen molar-refractivity contribution < 1.29 is 14.3 Å². The second-order valence-electron chi connectivity index (χ2n) is 4.66. The normalized spacial score (nSPS) is 33.0. The highest BCUT2D eigenvalue weighted by molar-refractivity contribution is 5.94. The zero-order valence-corrected chi connectivity index (χ0v) is 9.61. The Hall–Kier alpha value is -1.58. The number of rotatable bonds is 1. The lowest BCUT2D eigenvalue weighted by molar-refractivity contribution is -0.150. The fourth-order valence-electron chi connectivity index (χ4n) is 2.39. The molecule has 0 aromatic heterocycles. The van der Waals surface area contributed by atoms with Crippen LogP contribution in [0.1, 0.15) is 20.8 Å². The maximum absolute atomic E-state index is 11.9. The van der Waals surface area contributed by atoms with E-state index in [4.69, 9.17) is 0 Å². The number of fused-ring (bicyclic) bond motifs is 1. The first kappa shape index (κ1) is 10.9. The van der Waals surface area contributed by atoms with Crippen LogP contribution in [0.5, 0.6) is 0 Å². The molecule has 2 rings (SSSR count). The van der Waals surface area contributed by atoms with Crippen molar-refractivity contribution in [3.63, 3.8) is 0 Å². The van der Waals surface area contributed by atoms with E-state index in [2.05, 4.69) is 10.1 Å². The Kier molecular flexibility index (Phi) is 2.37. The first-order valence-corrected chi connectivity index (χ1v) is 5.38. The molecule has 0 aromatic carbocycles. The molecule has 4 nitrogen and oxygen atoms in total. The number of esters is 1. The van der Waals surface area contributed by atoms with Crippen molar-refractivity contribution in [1.82, 2.24) is 5.32 Å². The van der Waals surface area contributed by atoms with E-state index >= 15 is 0 Å². The smallest absolute Gasteiger partial charge is 0.376 e. The number of hydrogen-bond acceptors (Lipinski definition) is 3. The average molecular weight is 221 g/mol. The summed E-state index contributed by atoms with van der Waals surface area (Å²) in [6.07, 6.45) is 4.97. The molecule has 2 unspecified atom stereocenters. The summed E-state index contributed by atoms with van der Waals surface area (Å²) < 4.78 is 4.68. The molecule has 0 aromatic rings. The molecule has 1 amide bonds. The van der Waals surface area contributed by atoms with E-state index in [1.165, 1.54) is 0 Å². The van der Waals surface area contributed by atoms with Crippen molar-refractivity contribution in [3.8, 4) is 0 Å². The minimum atomic E-state index is -0.767. The van der Waals surface area contributed by atoms with E-state index in [9.17, 15) is 9.59 Å². The van der Waals surface area contributed by atoms with Crippen molar-refractivity contribution in [2.45, 2.75) is 26.8 Å². The Balaban J connectivity index is 2.46. The van der Waals surface area contributed by atoms with Crippen molar-refractivity contribution in [2.75, 3.05) is 0 Å². The van der Waals surface area contributed by atoms with Crippen LogP contribution in [0, 0.1) is 11.3 Å². The first-order valence-electron chi connectivity index (χ1n) is 5.38. The molecule has 0 bridgehead atoms. The van der Waals surface area contributed by atoms with E-state index in [0.717, 1.165) is 5.57 Å². The molecule has 0 radical (unpaired) electrons. The monoisotopic (exact) mass is 221 g/mol. The zero-order valence-electron chi connectivity index (χ0n) is 9.61. The van der Waals surface area contributed by atoms with Crippen LogP contribution in [-0.2, 0) is 9.53 Å². The van der Waals surface area contributed by atoms with Gasteiger partial charge in [0.05, 0.1) is 6.04 Å². The molecule has 1 fully saturated rings. The summed E-state index contributed by atoms with van der Waals surface area (Å²) in [6.45, 7) is 5.86. The summed E-state index contributed by atoms with van der Waals surface area (Å²) in [5, 5.41) is 2.66. The van der Waals surface area contributed by atoms with Gasteiger partial charge in [0, 0.05) is 0 Å². The Labute approximate surface area is 94.3 Å². The summed E-state index contributed by atoms with van der Waals surface area (Å²) in [4.78, 5) is 23.1. The van der Waals surface area contributed by atoms with E-state index in [-0.39, 0.29) is 12.0 Å². The molecule has 2 atom stereocenters. The van der Waals surface area contributed by atoms with Gasteiger partial charge in [0.15, 0.2) is 0 Å². The van der Waals surface area contributed by atoms with Gasteiger partial charge in [-0.25, -0.2) is 4.79 Å². The van der Waals surface area contributed by atoms with Crippen LogP contribution in [0.3, 0.4) is 0 Å². The second-order valence-corrected chi connectivity index (χ2v) is 4.66. The van der Waals surface area contributed by atoms with Gasteiger partial charge in [0.1, 0.15) is 5.41 Å². The first-order chi connectivity index (χ1) is 7.46. The van der Waals surface area contributed by atoms with Gasteiger partial charge in [0.25, 0.3) is 0 Å². The SMILES string of the molecule is CC(C)C1=CC=CC2NC(=O)OC(=O)C12C. The number of nitrogens with one attached hydrogen (secondary N) is 1. The third kappa shape index (κ3) is 1.37. The van der Waals surface area contributed by atoms with Gasteiger partial charge in [0.2, 0.25) is 0 Å². The predicted molar refractivity (Wildman–Crippen MR) is 58.6 cm³/mol. The highest BCUT2D eigenvalue weighted by atomic mass is 16.6. The van der Waals surface area contributed by atoms with Crippen molar-refractivity contribution in [2.24, 2.45) is 11.3 Å². The molecule has 2 aliphatic rings. The minimum Gasteiger partial charge on any atom is -0.376 e. The molecule has 0 saturated carbocycles. The highest BCUT2D eigenvalue weighted by Crippen LogP contribution is 2.41. The topological polar surface area (TPSA) is 55.4 Å². The summed E-state index contributed by atoms with van der Waals surface area (Å²) in [6, 6.07) is -0.302. The Morgan fingerprint density at radius 1 is 1.44 bits per heavy atom. The fourth-order valence-corrected chi connectivity index (χ4v) is 2.39. The lowest BCUT2D eigenvalue weighted by atomic mass is 9.68. The lowest BCUT2D eigenvalue weighted by Crippen LogP contribution is -2.58. The van der Waals surface area contributed by atoms with Crippen LogP contribution in [0.2, 0.25) is 0 Å². The van der Waals surface area contributed by atoms with Crippen LogP contribution < -0.4 is 5.32 Å². The molecule has 16 heavy (non-hydrogen) atoms. The number of allylic oxidation sites excluding steroid dienone is 2. The maximum Gasteiger partial charge on any atom is 0.415 e. The van der Waals surface area contributed by atoms with E-state index in [1.807, 2.05) is 39.0 Å². The van der Waals surface area contributed by atoms with Gasteiger partial charge in [-0.15, -0.1) is 0 Å². The molecular formula is C12H15NO3. The van der Waals surface area contributed by atoms with Crippen molar-refractivity contribution in [1.29, 1.82) is 0 Å². The standard InChI is InChI=1S/C12H15NO3/c1-7(2)8-5-4-6-9-12(8,3)10(14)16-11(15)13-9/h4-7,9H,1-3H3,(H,13,15). The molecule has 4 heteroatoms. The molecular weight excluding hydrogens is 206 g/mol. The number of carbonyl (C=O) groups excluding carboxylic acids is 2. The second kappa shape index (κ2) is 3.47. The van der Waals surface area contributed by atoms with Gasteiger partial charge in [-0.1, -0.05) is 32.1 Å². The van der Waals surface area contributed by atoms with Gasteiger partial charge < -0.3 is 10.1 Å². The van der Waals surface area contributed by atoms with Crippen LogP contribution in [-0.4, -0.2) is 18.1 Å². The predicted octanol–water partition coefficient (Wildman–Crippen LogP) is 1.78. The van der Waals surface area contributed by atoms with Crippen LogP contribution in [0.15, 0.2) is 23.8 Å². The molecule has 1 N–H and O–H groups in total.